The van der Waals surface area contributed by atoms with E-state index in [-0.39, 0.29) is 24.3 Å². The molecule has 0 radical (unpaired) electrons. The molecule has 1 saturated heterocycles. The lowest BCUT2D eigenvalue weighted by Gasteiger charge is -2.24. The van der Waals surface area contributed by atoms with Crippen molar-refractivity contribution in [2.75, 3.05) is 6.54 Å². The second-order valence-corrected chi connectivity index (χ2v) is 7.04. The summed E-state index contributed by atoms with van der Waals surface area (Å²) >= 11 is 0. The highest BCUT2D eigenvalue weighted by atomic mass is 19.1. The molecule has 1 aliphatic heterocycles. The first-order valence-corrected chi connectivity index (χ1v) is 8.91. The Balaban J connectivity index is 1.57. The van der Waals surface area contributed by atoms with Gasteiger partial charge in [-0.3, -0.25) is 9.48 Å². The molecule has 132 valence electrons. The van der Waals surface area contributed by atoms with E-state index in [0.717, 1.165) is 12.8 Å². The van der Waals surface area contributed by atoms with Crippen LogP contribution in [-0.4, -0.2) is 38.3 Å². The molecule has 4 rings (SSSR count). The van der Waals surface area contributed by atoms with Crippen LogP contribution in [0.1, 0.15) is 60.2 Å². The standard InChI is InChI=1S/C19H22FN3O2/c20-14-5-3-4-13(10-14)18-11-16(24)12-22(18)19(25)17-8-9-23(21-17)15-6-1-2-7-15/h3-5,8-10,15-16,18,24H,1-2,6-7,11-12H2/t16-,18+/m0/s1. The average Bonchev–Trinajstić information content (AvgIpc) is 3.34. The van der Waals surface area contributed by atoms with E-state index in [9.17, 15) is 14.3 Å². The summed E-state index contributed by atoms with van der Waals surface area (Å²) in [6.45, 7) is 0.246. The topological polar surface area (TPSA) is 58.4 Å². The lowest BCUT2D eigenvalue weighted by atomic mass is 10.0. The van der Waals surface area contributed by atoms with Gasteiger partial charge in [-0.05, 0) is 43.0 Å². The predicted molar refractivity (Wildman–Crippen MR) is 90.5 cm³/mol. The fraction of sp³-hybridized carbons (Fsp3) is 0.474. The molecule has 2 heterocycles. The van der Waals surface area contributed by atoms with Gasteiger partial charge in [0.15, 0.2) is 0 Å². The van der Waals surface area contributed by atoms with Gasteiger partial charge in [-0.2, -0.15) is 5.10 Å². The third-order valence-corrected chi connectivity index (χ3v) is 5.30. The molecule has 1 aliphatic carbocycles. The summed E-state index contributed by atoms with van der Waals surface area (Å²) in [6.07, 6.45) is 6.29. The van der Waals surface area contributed by atoms with Crippen LogP contribution in [0.15, 0.2) is 36.5 Å². The molecular formula is C19H22FN3O2. The molecule has 1 aromatic heterocycles. The number of hydrogen-bond donors (Lipinski definition) is 1. The number of aromatic nitrogens is 2. The van der Waals surface area contributed by atoms with Gasteiger partial charge in [0.25, 0.3) is 5.91 Å². The Bertz CT molecular complexity index is 770. The molecule has 2 aliphatic rings. The third-order valence-electron chi connectivity index (χ3n) is 5.30. The molecule has 1 saturated carbocycles. The van der Waals surface area contributed by atoms with Crippen molar-refractivity contribution in [2.45, 2.75) is 50.3 Å². The van der Waals surface area contributed by atoms with Crippen molar-refractivity contribution in [2.24, 2.45) is 0 Å². The van der Waals surface area contributed by atoms with Crippen LogP contribution in [0.5, 0.6) is 0 Å². The lowest BCUT2D eigenvalue weighted by molar-refractivity contribution is 0.0708. The molecule has 1 aromatic carbocycles. The van der Waals surface area contributed by atoms with Gasteiger partial charge < -0.3 is 10.0 Å². The van der Waals surface area contributed by atoms with Crippen LogP contribution in [0.2, 0.25) is 0 Å². The van der Waals surface area contributed by atoms with Gasteiger partial charge in [0.05, 0.1) is 18.2 Å². The maximum absolute atomic E-state index is 13.6. The number of carbonyl (C=O) groups excluding carboxylic acids is 1. The van der Waals surface area contributed by atoms with Gasteiger partial charge in [0, 0.05) is 12.7 Å². The quantitative estimate of drug-likeness (QED) is 0.932. The smallest absolute Gasteiger partial charge is 0.274 e. The zero-order valence-electron chi connectivity index (χ0n) is 14.0. The number of amides is 1. The van der Waals surface area contributed by atoms with Crippen LogP contribution in [0.3, 0.4) is 0 Å². The second kappa shape index (κ2) is 6.59. The minimum atomic E-state index is -0.603. The van der Waals surface area contributed by atoms with Crippen LogP contribution < -0.4 is 0 Å². The molecule has 0 unspecified atom stereocenters. The minimum Gasteiger partial charge on any atom is -0.391 e. The van der Waals surface area contributed by atoms with Crippen molar-refractivity contribution < 1.29 is 14.3 Å². The van der Waals surface area contributed by atoms with Crippen LogP contribution in [-0.2, 0) is 0 Å². The SMILES string of the molecule is O=C(c1ccn(C2CCCC2)n1)N1C[C@@H](O)C[C@@H]1c1cccc(F)c1. The van der Waals surface area contributed by atoms with E-state index < -0.39 is 6.10 Å². The van der Waals surface area contributed by atoms with Crippen LogP contribution in [0.25, 0.3) is 0 Å². The number of aliphatic hydroxyl groups excluding tert-OH is 1. The van der Waals surface area contributed by atoms with Crippen LogP contribution in [0, 0.1) is 5.82 Å². The van der Waals surface area contributed by atoms with E-state index in [1.807, 2.05) is 10.9 Å². The third kappa shape index (κ3) is 3.18. The fourth-order valence-corrected chi connectivity index (χ4v) is 4.04. The van der Waals surface area contributed by atoms with Crippen molar-refractivity contribution in [1.29, 1.82) is 0 Å². The molecule has 2 fully saturated rings. The molecule has 5 nitrogen and oxygen atoms in total. The monoisotopic (exact) mass is 343 g/mol. The zero-order valence-corrected chi connectivity index (χ0v) is 14.0. The Labute approximate surface area is 146 Å². The Morgan fingerprint density at radius 1 is 1.24 bits per heavy atom. The largest absolute Gasteiger partial charge is 0.391 e. The Kier molecular flexibility index (Phi) is 4.29. The molecule has 2 atom stereocenters. The van der Waals surface area contributed by atoms with Crippen molar-refractivity contribution >= 4 is 5.91 Å². The summed E-state index contributed by atoms with van der Waals surface area (Å²) < 4.78 is 15.5. The first-order chi connectivity index (χ1) is 12.1. The highest BCUT2D eigenvalue weighted by molar-refractivity contribution is 5.92. The molecule has 2 aromatic rings. The van der Waals surface area contributed by atoms with E-state index in [1.165, 1.54) is 25.0 Å². The fourth-order valence-electron chi connectivity index (χ4n) is 4.04. The van der Waals surface area contributed by atoms with Gasteiger partial charge in [-0.25, -0.2) is 4.39 Å². The van der Waals surface area contributed by atoms with Gasteiger partial charge >= 0.3 is 0 Å². The number of hydrogen-bond acceptors (Lipinski definition) is 3. The molecule has 0 bridgehead atoms. The number of benzene rings is 1. The zero-order chi connectivity index (χ0) is 17.4. The number of likely N-dealkylation sites (tertiary alicyclic amines) is 1. The minimum absolute atomic E-state index is 0.206. The molecule has 1 amide bonds. The number of β-amino-alcohol motifs (C(OH)–C–C–N with tert-alkyl or cyclic N) is 1. The Morgan fingerprint density at radius 3 is 2.80 bits per heavy atom. The second-order valence-electron chi connectivity index (χ2n) is 7.04. The summed E-state index contributed by atoms with van der Waals surface area (Å²) in [5, 5.41) is 14.5. The average molecular weight is 343 g/mol. The van der Waals surface area contributed by atoms with Gasteiger partial charge in [0.2, 0.25) is 0 Å². The Morgan fingerprint density at radius 2 is 2.04 bits per heavy atom. The number of carbonyl (C=O) groups is 1. The van der Waals surface area contributed by atoms with E-state index >= 15 is 0 Å². The van der Waals surface area contributed by atoms with Crippen molar-refractivity contribution in [1.82, 2.24) is 14.7 Å². The van der Waals surface area contributed by atoms with E-state index in [4.69, 9.17) is 0 Å². The Hall–Kier alpha value is -2.21. The first kappa shape index (κ1) is 16.3. The first-order valence-electron chi connectivity index (χ1n) is 8.91. The molecule has 6 heteroatoms. The number of nitrogens with zero attached hydrogens (tertiary/aromatic N) is 3. The van der Waals surface area contributed by atoms with E-state index in [1.54, 1.807) is 23.1 Å². The normalized spacial score (nSPS) is 24.2. The van der Waals surface area contributed by atoms with Crippen molar-refractivity contribution in [3.05, 3.63) is 53.6 Å². The van der Waals surface area contributed by atoms with Crippen LogP contribution in [0.4, 0.5) is 4.39 Å². The number of halogens is 1. The predicted octanol–water partition coefficient (Wildman–Crippen LogP) is 3.09. The van der Waals surface area contributed by atoms with E-state index in [2.05, 4.69) is 5.10 Å². The van der Waals surface area contributed by atoms with E-state index in [0.29, 0.717) is 23.7 Å². The summed E-state index contributed by atoms with van der Waals surface area (Å²) in [4.78, 5) is 14.5. The molecule has 0 spiro atoms. The van der Waals surface area contributed by atoms with Gasteiger partial charge in [-0.1, -0.05) is 25.0 Å². The summed E-state index contributed by atoms with van der Waals surface area (Å²) in [6, 6.07) is 8.04. The maximum Gasteiger partial charge on any atom is 0.274 e. The van der Waals surface area contributed by atoms with Crippen LogP contribution >= 0.6 is 0 Å². The van der Waals surface area contributed by atoms with Gasteiger partial charge in [0.1, 0.15) is 11.5 Å². The summed E-state index contributed by atoms with van der Waals surface area (Å²) in [5.41, 5.74) is 1.10. The van der Waals surface area contributed by atoms with Crippen molar-refractivity contribution in [3.63, 3.8) is 0 Å². The van der Waals surface area contributed by atoms with Gasteiger partial charge in [-0.15, -0.1) is 0 Å². The summed E-state index contributed by atoms with van der Waals surface area (Å²) in [7, 11) is 0. The highest BCUT2D eigenvalue weighted by Crippen LogP contribution is 2.34. The molecule has 25 heavy (non-hydrogen) atoms. The molecular weight excluding hydrogens is 321 g/mol. The maximum atomic E-state index is 13.6. The summed E-state index contributed by atoms with van der Waals surface area (Å²) in [5.74, 6) is -0.542. The lowest BCUT2D eigenvalue weighted by Crippen LogP contribution is -2.32. The molecule has 1 N–H and O–H groups in total. The number of rotatable bonds is 3. The van der Waals surface area contributed by atoms with Crippen molar-refractivity contribution in [3.8, 4) is 0 Å². The highest BCUT2D eigenvalue weighted by Gasteiger charge is 2.36. The number of aliphatic hydroxyl groups is 1.